The maximum atomic E-state index is 12.1. The molecule has 116 valence electrons. The molecule has 8 heteroatoms. The molecule has 2 atom stereocenters. The second-order valence-corrected chi connectivity index (χ2v) is 5.17. The molecular weight excluding hydrogens is 277 g/mol. The summed E-state index contributed by atoms with van der Waals surface area (Å²) in [6.45, 7) is 1.52. The fourth-order valence-electron chi connectivity index (χ4n) is 2.39. The van der Waals surface area contributed by atoms with Gasteiger partial charge in [-0.2, -0.15) is 13.2 Å². The van der Waals surface area contributed by atoms with Crippen molar-refractivity contribution in [1.82, 2.24) is 9.80 Å². The van der Waals surface area contributed by atoms with Crippen molar-refractivity contribution >= 4 is 12.0 Å². The van der Waals surface area contributed by atoms with Crippen LogP contribution in [0.15, 0.2) is 0 Å². The molecule has 1 rings (SSSR count). The van der Waals surface area contributed by atoms with Crippen LogP contribution in [0.4, 0.5) is 18.0 Å². The Bertz CT molecular complexity index is 373. The highest BCUT2D eigenvalue weighted by Crippen LogP contribution is 2.25. The average Bonchev–Trinajstić information content (AvgIpc) is 2.33. The predicted octanol–water partition coefficient (Wildman–Crippen LogP) is 2.18. The van der Waals surface area contributed by atoms with E-state index in [4.69, 9.17) is 0 Å². The zero-order chi connectivity index (χ0) is 15.5. The van der Waals surface area contributed by atoms with Gasteiger partial charge in [-0.15, -0.1) is 0 Å². The molecule has 1 heterocycles. The molecule has 2 unspecified atom stereocenters. The van der Waals surface area contributed by atoms with Crippen molar-refractivity contribution in [2.75, 3.05) is 20.1 Å². The number of alkyl halides is 3. The second kappa shape index (κ2) is 6.32. The number of halogens is 3. The van der Waals surface area contributed by atoms with Gasteiger partial charge in [-0.05, 0) is 18.8 Å². The number of piperidine rings is 1. The summed E-state index contributed by atoms with van der Waals surface area (Å²) in [5.74, 6) is -1.32. The molecule has 0 aliphatic carbocycles. The zero-order valence-electron chi connectivity index (χ0n) is 11.5. The Labute approximate surface area is 115 Å². The highest BCUT2D eigenvalue weighted by Gasteiger charge is 2.38. The highest BCUT2D eigenvalue weighted by molar-refractivity contribution is 5.83. The maximum absolute atomic E-state index is 12.1. The molecule has 0 saturated carbocycles. The van der Waals surface area contributed by atoms with Crippen molar-refractivity contribution in [2.24, 2.45) is 5.92 Å². The van der Waals surface area contributed by atoms with Crippen molar-refractivity contribution in [3.63, 3.8) is 0 Å². The Morgan fingerprint density at radius 1 is 1.40 bits per heavy atom. The molecule has 0 radical (unpaired) electrons. The first-order valence-corrected chi connectivity index (χ1v) is 6.45. The molecule has 5 nitrogen and oxygen atoms in total. The Morgan fingerprint density at radius 3 is 2.50 bits per heavy atom. The Balaban J connectivity index is 2.70. The van der Waals surface area contributed by atoms with Gasteiger partial charge in [0.2, 0.25) is 0 Å². The van der Waals surface area contributed by atoms with Gasteiger partial charge < -0.3 is 14.9 Å². The highest BCUT2D eigenvalue weighted by atomic mass is 19.4. The number of carbonyl (C=O) groups excluding carboxylic acids is 1. The van der Waals surface area contributed by atoms with Crippen molar-refractivity contribution < 1.29 is 27.9 Å². The number of carbonyl (C=O) groups is 2. The van der Waals surface area contributed by atoms with Gasteiger partial charge in [0.15, 0.2) is 0 Å². The van der Waals surface area contributed by atoms with E-state index in [0.717, 1.165) is 9.80 Å². The van der Waals surface area contributed by atoms with E-state index < -0.39 is 37.2 Å². The molecule has 0 bridgehead atoms. The van der Waals surface area contributed by atoms with E-state index in [1.54, 1.807) is 6.92 Å². The zero-order valence-corrected chi connectivity index (χ0v) is 11.5. The number of urea groups is 1. The average molecular weight is 296 g/mol. The lowest BCUT2D eigenvalue weighted by atomic mass is 9.91. The van der Waals surface area contributed by atoms with Crippen LogP contribution in [0.25, 0.3) is 0 Å². The number of aliphatic carboxylic acids is 1. The molecular formula is C12H19F3N2O3. The van der Waals surface area contributed by atoms with E-state index in [-0.39, 0.29) is 12.5 Å². The quantitative estimate of drug-likeness (QED) is 0.868. The third kappa shape index (κ3) is 4.28. The first kappa shape index (κ1) is 16.6. The normalized spacial score (nSPS) is 23.6. The number of rotatable bonds is 3. The molecule has 1 N–H and O–H groups in total. The largest absolute Gasteiger partial charge is 0.480 e. The van der Waals surface area contributed by atoms with Crippen LogP contribution in [0.5, 0.6) is 0 Å². The Morgan fingerprint density at radius 2 is 2.00 bits per heavy atom. The minimum absolute atomic E-state index is 0.207. The molecule has 0 aromatic rings. The van der Waals surface area contributed by atoms with Gasteiger partial charge in [0.25, 0.3) is 0 Å². The van der Waals surface area contributed by atoms with E-state index >= 15 is 0 Å². The number of hydrogen-bond acceptors (Lipinski definition) is 2. The minimum atomic E-state index is -4.34. The standard InChI is InChI=1S/C12H19F3N2O3/c1-8-4-3-6-17(9(8)10(18)19)11(20)16(2)7-5-12(13,14)15/h8-9H,3-7H2,1-2H3,(H,18,19). The van der Waals surface area contributed by atoms with Crippen molar-refractivity contribution in [1.29, 1.82) is 0 Å². The second-order valence-electron chi connectivity index (χ2n) is 5.17. The van der Waals surface area contributed by atoms with Gasteiger partial charge in [0.05, 0.1) is 6.42 Å². The summed E-state index contributed by atoms with van der Waals surface area (Å²) in [5, 5.41) is 9.18. The van der Waals surface area contributed by atoms with Crippen LogP contribution in [0, 0.1) is 5.92 Å². The third-order valence-electron chi connectivity index (χ3n) is 3.49. The van der Waals surface area contributed by atoms with Crippen molar-refractivity contribution in [3.8, 4) is 0 Å². The molecule has 1 aliphatic heterocycles. The number of carboxylic acid groups (broad SMARTS) is 1. The summed E-state index contributed by atoms with van der Waals surface area (Å²) in [6.07, 6.45) is -4.09. The van der Waals surface area contributed by atoms with Gasteiger partial charge in [-0.3, -0.25) is 0 Å². The number of nitrogens with zero attached hydrogens (tertiary/aromatic N) is 2. The van der Waals surface area contributed by atoms with Crippen LogP contribution in [0.3, 0.4) is 0 Å². The summed E-state index contributed by atoms with van der Waals surface area (Å²) in [4.78, 5) is 25.4. The van der Waals surface area contributed by atoms with Gasteiger partial charge in [-0.1, -0.05) is 6.92 Å². The fourth-order valence-corrected chi connectivity index (χ4v) is 2.39. The molecule has 0 spiro atoms. The molecule has 1 fully saturated rings. The van der Waals surface area contributed by atoms with Crippen LogP contribution >= 0.6 is 0 Å². The first-order chi connectivity index (χ1) is 9.13. The number of amides is 2. The first-order valence-electron chi connectivity index (χ1n) is 6.45. The van der Waals surface area contributed by atoms with E-state index in [2.05, 4.69) is 0 Å². The summed E-state index contributed by atoms with van der Waals surface area (Å²) in [6, 6.07) is -1.63. The molecule has 1 aliphatic rings. The minimum Gasteiger partial charge on any atom is -0.480 e. The maximum Gasteiger partial charge on any atom is 0.390 e. The molecule has 0 aromatic carbocycles. The van der Waals surface area contributed by atoms with Gasteiger partial charge in [-0.25, -0.2) is 9.59 Å². The summed E-state index contributed by atoms with van der Waals surface area (Å²) >= 11 is 0. The number of hydrogen-bond donors (Lipinski definition) is 1. The van der Waals surface area contributed by atoms with Crippen LogP contribution in [-0.4, -0.2) is 59.3 Å². The lowest BCUT2D eigenvalue weighted by Crippen LogP contribution is -2.55. The fraction of sp³-hybridized carbons (Fsp3) is 0.833. The van der Waals surface area contributed by atoms with E-state index in [9.17, 15) is 27.9 Å². The molecule has 1 saturated heterocycles. The number of likely N-dealkylation sites (tertiary alicyclic amines) is 1. The van der Waals surface area contributed by atoms with Crippen molar-refractivity contribution in [2.45, 2.75) is 38.4 Å². The molecule has 20 heavy (non-hydrogen) atoms. The van der Waals surface area contributed by atoms with E-state index in [1.165, 1.54) is 7.05 Å². The Hall–Kier alpha value is -1.47. The summed E-state index contributed by atoms with van der Waals surface area (Å²) in [7, 11) is 1.26. The lowest BCUT2D eigenvalue weighted by molar-refractivity contribution is -0.146. The third-order valence-corrected chi connectivity index (χ3v) is 3.49. The van der Waals surface area contributed by atoms with Crippen LogP contribution in [-0.2, 0) is 4.79 Å². The van der Waals surface area contributed by atoms with Gasteiger partial charge >= 0.3 is 18.2 Å². The molecule has 0 aromatic heterocycles. The topological polar surface area (TPSA) is 60.9 Å². The predicted molar refractivity (Wildman–Crippen MR) is 65.2 cm³/mol. The van der Waals surface area contributed by atoms with E-state index in [1.807, 2.05) is 0 Å². The number of carboxylic acids is 1. The van der Waals surface area contributed by atoms with Crippen LogP contribution in [0.2, 0.25) is 0 Å². The van der Waals surface area contributed by atoms with Gasteiger partial charge in [0, 0.05) is 20.1 Å². The van der Waals surface area contributed by atoms with Crippen LogP contribution in [0.1, 0.15) is 26.2 Å². The monoisotopic (exact) mass is 296 g/mol. The lowest BCUT2D eigenvalue weighted by Gasteiger charge is -2.39. The van der Waals surface area contributed by atoms with Crippen molar-refractivity contribution in [3.05, 3.63) is 0 Å². The Kier molecular flexibility index (Phi) is 5.24. The van der Waals surface area contributed by atoms with E-state index in [0.29, 0.717) is 12.8 Å². The summed E-state index contributed by atoms with van der Waals surface area (Å²) in [5.41, 5.74) is 0. The molecule has 2 amide bonds. The van der Waals surface area contributed by atoms with Gasteiger partial charge in [0.1, 0.15) is 6.04 Å². The SMILES string of the molecule is CC1CCCN(C(=O)N(C)CCC(F)(F)F)C1C(=O)O. The summed E-state index contributed by atoms with van der Waals surface area (Å²) < 4.78 is 36.4. The van der Waals surface area contributed by atoms with Crippen LogP contribution < -0.4 is 0 Å². The smallest absolute Gasteiger partial charge is 0.390 e.